The first-order chi connectivity index (χ1) is 9.47. The minimum absolute atomic E-state index is 0.123. The summed E-state index contributed by atoms with van der Waals surface area (Å²) in [5, 5.41) is 0.526. The molecule has 0 radical (unpaired) electrons. The predicted octanol–water partition coefficient (Wildman–Crippen LogP) is 4.59. The summed E-state index contributed by atoms with van der Waals surface area (Å²) in [5.41, 5.74) is 2.42. The highest BCUT2D eigenvalue weighted by Crippen LogP contribution is 2.37. The van der Waals surface area contributed by atoms with Gasteiger partial charge < -0.3 is 0 Å². The molecule has 2 nitrogen and oxygen atoms in total. The molecule has 0 fully saturated rings. The topological polar surface area (TPSA) is 38.0 Å². The highest BCUT2D eigenvalue weighted by Gasteiger charge is 2.26. The maximum Gasteiger partial charge on any atom is 0.145 e. The predicted molar refractivity (Wildman–Crippen MR) is 79.7 cm³/mol. The molecule has 3 N–H and O–H groups in total. The van der Waals surface area contributed by atoms with Gasteiger partial charge in [0.1, 0.15) is 11.6 Å². The van der Waals surface area contributed by atoms with Crippen molar-refractivity contribution in [1.29, 1.82) is 0 Å². The Morgan fingerprint density at radius 3 is 2.20 bits per heavy atom. The molecule has 0 heterocycles. The lowest BCUT2D eigenvalue weighted by Crippen LogP contribution is -2.31. The zero-order chi connectivity index (χ0) is 14.9. The Balaban J connectivity index is 2.68. The summed E-state index contributed by atoms with van der Waals surface area (Å²) in [4.78, 5) is 0. The molecule has 0 bridgehead atoms. The second-order valence-corrected chi connectivity index (χ2v) is 5.66. The van der Waals surface area contributed by atoms with Gasteiger partial charge in [-0.1, -0.05) is 29.3 Å². The van der Waals surface area contributed by atoms with Crippen molar-refractivity contribution in [3.8, 4) is 0 Å². The molecular weight excluding hydrogens is 373 g/mol. The van der Waals surface area contributed by atoms with E-state index < -0.39 is 17.7 Å². The second kappa shape index (κ2) is 6.37. The first-order valence-electron chi connectivity index (χ1n) is 5.50. The summed E-state index contributed by atoms with van der Waals surface area (Å²) in [6.07, 6.45) is 0. The van der Waals surface area contributed by atoms with Crippen molar-refractivity contribution < 1.29 is 8.78 Å². The average Bonchev–Trinajstić information content (AvgIpc) is 2.41. The van der Waals surface area contributed by atoms with E-state index in [1.54, 1.807) is 18.2 Å². The monoisotopic (exact) mass is 380 g/mol. The lowest BCUT2D eigenvalue weighted by Gasteiger charge is -2.21. The van der Waals surface area contributed by atoms with E-state index in [0.717, 1.165) is 6.07 Å². The van der Waals surface area contributed by atoms with Gasteiger partial charge in [-0.15, -0.1) is 0 Å². The fourth-order valence-corrected chi connectivity index (χ4v) is 2.87. The molecule has 2 rings (SSSR count). The Labute approximate surface area is 133 Å². The van der Waals surface area contributed by atoms with Crippen LogP contribution in [0.3, 0.4) is 0 Å². The van der Waals surface area contributed by atoms with E-state index in [1.165, 1.54) is 6.07 Å². The van der Waals surface area contributed by atoms with E-state index in [2.05, 4.69) is 21.4 Å². The van der Waals surface area contributed by atoms with Gasteiger partial charge in [0.2, 0.25) is 0 Å². The van der Waals surface area contributed by atoms with Gasteiger partial charge in [-0.2, -0.15) is 0 Å². The van der Waals surface area contributed by atoms with Crippen LogP contribution in [-0.4, -0.2) is 0 Å². The molecule has 2 aromatic carbocycles. The Kier molecular flexibility index (Phi) is 4.99. The molecule has 0 aliphatic rings. The van der Waals surface area contributed by atoms with Gasteiger partial charge >= 0.3 is 0 Å². The number of nitrogens with two attached hydrogens (primary N) is 1. The molecular formula is C13H9BrCl2F2N2. The van der Waals surface area contributed by atoms with Crippen LogP contribution >= 0.6 is 39.1 Å². The average molecular weight is 382 g/mol. The van der Waals surface area contributed by atoms with Gasteiger partial charge in [0.15, 0.2) is 0 Å². The third kappa shape index (κ3) is 2.82. The summed E-state index contributed by atoms with van der Waals surface area (Å²) in [6.45, 7) is 0. The third-order valence-electron chi connectivity index (χ3n) is 2.82. The number of hydrogen-bond acceptors (Lipinski definition) is 2. The van der Waals surface area contributed by atoms with E-state index in [9.17, 15) is 8.78 Å². The number of halogens is 5. The first kappa shape index (κ1) is 15.7. The van der Waals surface area contributed by atoms with E-state index >= 15 is 0 Å². The lowest BCUT2D eigenvalue weighted by atomic mass is 9.98. The van der Waals surface area contributed by atoms with Crippen LogP contribution in [-0.2, 0) is 0 Å². The molecule has 1 atom stereocenters. The summed E-state index contributed by atoms with van der Waals surface area (Å²) in [6, 6.07) is 6.18. The van der Waals surface area contributed by atoms with Crippen molar-refractivity contribution in [3.63, 3.8) is 0 Å². The van der Waals surface area contributed by atoms with Crippen LogP contribution in [0, 0.1) is 11.6 Å². The van der Waals surface area contributed by atoms with Gasteiger partial charge in [0, 0.05) is 21.2 Å². The van der Waals surface area contributed by atoms with E-state index in [0.29, 0.717) is 5.56 Å². The molecule has 2 aromatic rings. The maximum atomic E-state index is 14.2. The van der Waals surface area contributed by atoms with Gasteiger partial charge in [-0.25, -0.2) is 14.2 Å². The number of rotatable bonds is 3. The van der Waals surface area contributed by atoms with Gasteiger partial charge in [-0.3, -0.25) is 5.84 Å². The van der Waals surface area contributed by atoms with Gasteiger partial charge in [0.05, 0.1) is 10.5 Å². The van der Waals surface area contributed by atoms with Crippen LogP contribution in [0.15, 0.2) is 34.8 Å². The molecule has 0 amide bonds. The van der Waals surface area contributed by atoms with Crippen molar-refractivity contribution >= 4 is 39.1 Å². The Bertz CT molecular complexity index is 632. The Morgan fingerprint density at radius 1 is 1.05 bits per heavy atom. The summed E-state index contributed by atoms with van der Waals surface area (Å²) < 4.78 is 28.3. The van der Waals surface area contributed by atoms with Crippen molar-refractivity contribution in [2.75, 3.05) is 0 Å². The highest BCUT2D eigenvalue weighted by atomic mass is 79.9. The van der Waals surface area contributed by atoms with Crippen LogP contribution in [0.25, 0.3) is 0 Å². The smallest absolute Gasteiger partial charge is 0.145 e. The normalized spacial score (nSPS) is 12.5. The SMILES string of the molecule is NNC(c1c(Cl)cccc1Cl)c1c(F)ccc(Br)c1F. The standard InChI is InChI=1S/C13H9BrCl2F2N2/c14-6-4-5-9(17)11(12(6)18)13(20-19)10-7(15)2-1-3-8(10)16/h1-5,13,20H,19H2. The number of hydrogen-bond donors (Lipinski definition) is 2. The van der Waals surface area contributed by atoms with E-state index in [1.807, 2.05) is 0 Å². The van der Waals surface area contributed by atoms with Crippen LogP contribution in [0.4, 0.5) is 8.78 Å². The molecule has 1 unspecified atom stereocenters. The fourth-order valence-electron chi connectivity index (χ4n) is 1.90. The fraction of sp³-hybridized carbons (Fsp3) is 0.0769. The van der Waals surface area contributed by atoms with Crippen molar-refractivity contribution in [2.45, 2.75) is 6.04 Å². The van der Waals surface area contributed by atoms with Crippen molar-refractivity contribution in [2.24, 2.45) is 5.84 Å². The summed E-state index contributed by atoms with van der Waals surface area (Å²) in [7, 11) is 0. The molecule has 0 saturated heterocycles. The van der Waals surface area contributed by atoms with Crippen molar-refractivity contribution in [1.82, 2.24) is 5.43 Å². The maximum absolute atomic E-state index is 14.2. The first-order valence-corrected chi connectivity index (χ1v) is 7.05. The molecule has 0 spiro atoms. The minimum atomic E-state index is -1.01. The second-order valence-electron chi connectivity index (χ2n) is 3.99. The molecule has 20 heavy (non-hydrogen) atoms. The lowest BCUT2D eigenvalue weighted by molar-refractivity contribution is 0.507. The van der Waals surface area contributed by atoms with Gasteiger partial charge in [0.25, 0.3) is 0 Å². The van der Waals surface area contributed by atoms with E-state index in [-0.39, 0.29) is 20.1 Å². The van der Waals surface area contributed by atoms with Crippen molar-refractivity contribution in [3.05, 3.63) is 67.6 Å². The quantitative estimate of drug-likeness (QED) is 0.463. The zero-order valence-corrected chi connectivity index (χ0v) is 13.0. The zero-order valence-electron chi connectivity index (χ0n) is 9.93. The number of hydrazine groups is 1. The summed E-state index contributed by atoms with van der Waals surface area (Å²) >= 11 is 15.1. The van der Waals surface area contributed by atoms with Crippen LogP contribution in [0.5, 0.6) is 0 Å². The Morgan fingerprint density at radius 2 is 1.65 bits per heavy atom. The molecule has 0 saturated carbocycles. The highest BCUT2D eigenvalue weighted by molar-refractivity contribution is 9.10. The third-order valence-corrected chi connectivity index (χ3v) is 4.09. The summed E-state index contributed by atoms with van der Waals surface area (Å²) in [5.74, 6) is 3.94. The van der Waals surface area contributed by atoms with Crippen LogP contribution < -0.4 is 11.3 Å². The van der Waals surface area contributed by atoms with Crippen LogP contribution in [0.1, 0.15) is 17.2 Å². The largest absolute Gasteiger partial charge is 0.271 e. The molecule has 106 valence electrons. The molecule has 0 aromatic heterocycles. The Hall–Kier alpha value is -0.720. The number of nitrogens with one attached hydrogen (secondary N) is 1. The number of benzene rings is 2. The van der Waals surface area contributed by atoms with E-state index in [4.69, 9.17) is 29.0 Å². The molecule has 0 aliphatic carbocycles. The molecule has 0 aliphatic heterocycles. The van der Waals surface area contributed by atoms with Gasteiger partial charge in [-0.05, 0) is 40.2 Å². The van der Waals surface area contributed by atoms with Crippen LogP contribution in [0.2, 0.25) is 10.0 Å². The molecule has 7 heteroatoms. The minimum Gasteiger partial charge on any atom is -0.271 e.